The number of amides is 1. The zero-order chi connectivity index (χ0) is 25.8. The van der Waals surface area contributed by atoms with Crippen LogP contribution in [-0.4, -0.2) is 23.4 Å². The van der Waals surface area contributed by atoms with Crippen LogP contribution in [0.5, 0.6) is 5.75 Å². The lowest BCUT2D eigenvalue weighted by Crippen LogP contribution is -2.30. The summed E-state index contributed by atoms with van der Waals surface area (Å²) in [5.41, 5.74) is -0.146. The van der Waals surface area contributed by atoms with Gasteiger partial charge in [0.2, 0.25) is 0 Å². The number of ether oxygens (including phenoxy) is 1. The monoisotopic (exact) mass is 495 g/mol. The van der Waals surface area contributed by atoms with Crippen molar-refractivity contribution < 1.29 is 32.6 Å². The lowest BCUT2D eigenvalue weighted by molar-refractivity contribution is -0.132. The number of halogens is 3. The van der Waals surface area contributed by atoms with Crippen molar-refractivity contribution in [1.29, 1.82) is 0 Å². The molecule has 1 saturated heterocycles. The Morgan fingerprint density at radius 1 is 0.917 bits per heavy atom. The van der Waals surface area contributed by atoms with Gasteiger partial charge in [0.25, 0.3) is 11.7 Å². The Balaban J connectivity index is 1.77. The van der Waals surface area contributed by atoms with Crippen LogP contribution in [0.15, 0.2) is 72.3 Å². The summed E-state index contributed by atoms with van der Waals surface area (Å²) in [4.78, 5) is 27.0. The number of Topliss-reactive ketones (excluding diaryl/α,β-unsaturated/α-hetero) is 1. The van der Waals surface area contributed by atoms with E-state index < -0.39 is 40.9 Å². The average molecular weight is 495 g/mol. The minimum Gasteiger partial charge on any atom is -0.507 e. The molecule has 1 aliphatic heterocycles. The Kier molecular flexibility index (Phi) is 7.43. The van der Waals surface area contributed by atoms with E-state index in [0.29, 0.717) is 18.4 Å². The molecule has 0 aliphatic carbocycles. The Labute approximate surface area is 206 Å². The first-order chi connectivity index (χ1) is 17.3. The van der Waals surface area contributed by atoms with Crippen molar-refractivity contribution in [2.45, 2.75) is 32.2 Å². The number of ketones is 1. The molecule has 8 heteroatoms. The molecule has 0 saturated carbocycles. The molecular weight excluding hydrogens is 471 g/mol. The number of anilines is 1. The van der Waals surface area contributed by atoms with Crippen LogP contribution in [-0.2, 0) is 9.59 Å². The van der Waals surface area contributed by atoms with Gasteiger partial charge in [0.05, 0.1) is 23.9 Å². The Morgan fingerprint density at radius 2 is 1.58 bits per heavy atom. The maximum atomic E-state index is 14.7. The summed E-state index contributed by atoms with van der Waals surface area (Å²) in [6.07, 6.45) is 3.00. The van der Waals surface area contributed by atoms with E-state index in [-0.39, 0.29) is 22.4 Å². The van der Waals surface area contributed by atoms with Crippen molar-refractivity contribution in [1.82, 2.24) is 0 Å². The highest BCUT2D eigenvalue weighted by Gasteiger charge is 2.47. The van der Waals surface area contributed by atoms with Crippen molar-refractivity contribution in [3.63, 3.8) is 0 Å². The molecule has 1 atom stereocenters. The lowest BCUT2D eigenvalue weighted by Gasteiger charge is -2.25. The highest BCUT2D eigenvalue weighted by molar-refractivity contribution is 6.51. The molecule has 1 heterocycles. The first-order valence-corrected chi connectivity index (χ1v) is 11.6. The summed E-state index contributed by atoms with van der Waals surface area (Å²) in [6.45, 7) is 2.63. The largest absolute Gasteiger partial charge is 0.507 e. The van der Waals surface area contributed by atoms with Crippen LogP contribution >= 0.6 is 0 Å². The molecule has 5 nitrogen and oxygen atoms in total. The van der Waals surface area contributed by atoms with Gasteiger partial charge in [0.1, 0.15) is 29.0 Å². The van der Waals surface area contributed by atoms with Crippen molar-refractivity contribution in [3.8, 4) is 5.75 Å². The summed E-state index contributed by atoms with van der Waals surface area (Å²) in [5.74, 6) is -4.54. The van der Waals surface area contributed by atoms with Crippen molar-refractivity contribution in [2.24, 2.45) is 0 Å². The van der Waals surface area contributed by atoms with Gasteiger partial charge in [0.15, 0.2) is 0 Å². The molecule has 1 unspecified atom stereocenters. The average Bonchev–Trinajstić information content (AvgIpc) is 3.12. The van der Waals surface area contributed by atoms with Crippen LogP contribution < -0.4 is 9.64 Å². The number of unbranched alkanes of at least 4 members (excludes halogenated alkanes) is 2. The third kappa shape index (κ3) is 4.98. The molecule has 4 rings (SSSR count). The predicted molar refractivity (Wildman–Crippen MR) is 129 cm³/mol. The van der Waals surface area contributed by atoms with Crippen molar-refractivity contribution in [2.75, 3.05) is 11.5 Å². The molecule has 1 fully saturated rings. The quantitative estimate of drug-likeness (QED) is 0.172. The molecule has 0 radical (unpaired) electrons. The number of carbonyl (C=O) groups excluding carboxylic acids is 2. The van der Waals surface area contributed by atoms with E-state index in [2.05, 4.69) is 6.92 Å². The minimum absolute atomic E-state index is 0.237. The smallest absolute Gasteiger partial charge is 0.300 e. The van der Waals surface area contributed by atoms with Crippen molar-refractivity contribution in [3.05, 3.63) is 101 Å². The van der Waals surface area contributed by atoms with Gasteiger partial charge in [-0.3, -0.25) is 14.5 Å². The predicted octanol–water partition coefficient (Wildman–Crippen LogP) is 6.30. The molecule has 186 valence electrons. The summed E-state index contributed by atoms with van der Waals surface area (Å²) in [5, 5.41) is 11.1. The van der Waals surface area contributed by atoms with E-state index in [1.807, 2.05) is 0 Å². The second-order valence-corrected chi connectivity index (χ2v) is 8.40. The third-order valence-electron chi connectivity index (χ3n) is 5.94. The van der Waals surface area contributed by atoms with E-state index in [1.165, 1.54) is 24.3 Å². The van der Waals surface area contributed by atoms with Gasteiger partial charge in [-0.25, -0.2) is 13.2 Å². The second kappa shape index (κ2) is 10.7. The van der Waals surface area contributed by atoms with Crippen LogP contribution in [0.3, 0.4) is 0 Å². The van der Waals surface area contributed by atoms with Crippen LogP contribution in [0, 0.1) is 17.5 Å². The van der Waals surface area contributed by atoms with Gasteiger partial charge < -0.3 is 9.84 Å². The highest BCUT2D eigenvalue weighted by atomic mass is 19.1. The molecule has 1 N–H and O–H groups in total. The minimum atomic E-state index is -1.27. The fraction of sp³-hybridized carbons (Fsp3) is 0.214. The molecule has 0 bridgehead atoms. The van der Waals surface area contributed by atoms with Gasteiger partial charge in [-0.15, -0.1) is 0 Å². The Hall–Kier alpha value is -4.07. The fourth-order valence-electron chi connectivity index (χ4n) is 4.12. The molecule has 3 aromatic rings. The summed E-state index contributed by atoms with van der Waals surface area (Å²) < 4.78 is 47.5. The second-order valence-electron chi connectivity index (χ2n) is 8.40. The SMILES string of the molecule is CCCCCOc1ccc(/C(O)=C2\C(=O)C(=O)N(c3ccc(F)cc3F)C2c2ccc(F)cc2)cc1. The topological polar surface area (TPSA) is 66.8 Å². The van der Waals surface area contributed by atoms with Gasteiger partial charge in [-0.1, -0.05) is 31.9 Å². The number of hydrogen-bond donors (Lipinski definition) is 1. The molecule has 1 amide bonds. The summed E-state index contributed by atoms with van der Waals surface area (Å²) in [7, 11) is 0. The zero-order valence-electron chi connectivity index (χ0n) is 19.5. The number of hydrogen-bond acceptors (Lipinski definition) is 4. The van der Waals surface area contributed by atoms with Crippen LogP contribution in [0.25, 0.3) is 5.76 Å². The van der Waals surface area contributed by atoms with Gasteiger partial charge in [-0.05, 0) is 60.5 Å². The molecule has 3 aromatic carbocycles. The first kappa shape index (κ1) is 25.0. The van der Waals surface area contributed by atoms with Crippen LogP contribution in [0.4, 0.5) is 18.9 Å². The van der Waals surface area contributed by atoms with E-state index >= 15 is 0 Å². The maximum Gasteiger partial charge on any atom is 0.300 e. The number of aliphatic hydroxyl groups is 1. The molecule has 0 spiro atoms. The third-order valence-corrected chi connectivity index (χ3v) is 5.94. The van der Waals surface area contributed by atoms with Crippen LogP contribution in [0.2, 0.25) is 0 Å². The zero-order valence-corrected chi connectivity index (χ0v) is 19.5. The molecule has 1 aliphatic rings. The van der Waals surface area contributed by atoms with E-state index in [1.54, 1.807) is 12.1 Å². The standard InChI is InChI=1S/C28H24F3NO4/c1-2-3-4-15-36-21-12-7-18(8-13-21)26(33)24-25(17-5-9-19(29)10-6-17)32(28(35)27(24)34)23-14-11-20(30)16-22(23)31/h5-14,16,25,33H,2-4,15H2,1H3/b26-24+. The fourth-order valence-corrected chi connectivity index (χ4v) is 4.12. The number of aliphatic hydroxyl groups excluding tert-OH is 1. The van der Waals surface area contributed by atoms with Crippen LogP contribution in [0.1, 0.15) is 43.4 Å². The number of carbonyl (C=O) groups is 2. The van der Waals surface area contributed by atoms with E-state index in [9.17, 15) is 27.9 Å². The first-order valence-electron chi connectivity index (χ1n) is 11.6. The van der Waals surface area contributed by atoms with Gasteiger partial charge in [-0.2, -0.15) is 0 Å². The molecule has 0 aromatic heterocycles. The van der Waals surface area contributed by atoms with Gasteiger partial charge >= 0.3 is 0 Å². The number of benzene rings is 3. The van der Waals surface area contributed by atoms with E-state index in [4.69, 9.17) is 4.74 Å². The molecular formula is C28H24F3NO4. The Morgan fingerprint density at radius 3 is 2.22 bits per heavy atom. The summed E-state index contributed by atoms with van der Waals surface area (Å²) in [6, 6.07) is 12.6. The maximum absolute atomic E-state index is 14.7. The lowest BCUT2D eigenvalue weighted by atomic mass is 9.95. The number of rotatable bonds is 8. The highest BCUT2D eigenvalue weighted by Crippen LogP contribution is 2.43. The molecule has 36 heavy (non-hydrogen) atoms. The van der Waals surface area contributed by atoms with Gasteiger partial charge in [0, 0.05) is 11.6 Å². The van der Waals surface area contributed by atoms with Crippen molar-refractivity contribution >= 4 is 23.1 Å². The normalized spacial score (nSPS) is 17.0. The summed E-state index contributed by atoms with van der Waals surface area (Å²) >= 11 is 0. The Bertz CT molecular complexity index is 1300. The van der Waals surface area contributed by atoms with E-state index in [0.717, 1.165) is 48.4 Å². The number of nitrogens with zero attached hydrogens (tertiary/aromatic N) is 1.